The topological polar surface area (TPSA) is 12.5 Å². The number of para-hydroxylation sites is 3. The lowest BCUT2D eigenvalue weighted by Gasteiger charge is -2.36. The van der Waals surface area contributed by atoms with Gasteiger partial charge in [-0.15, -0.1) is 0 Å². The van der Waals surface area contributed by atoms with Crippen molar-refractivity contribution in [3.05, 3.63) is 76.9 Å². The van der Waals surface area contributed by atoms with E-state index < -0.39 is 0 Å². The normalized spacial score (nSPS) is 13.0. The van der Waals surface area contributed by atoms with E-state index in [0.717, 1.165) is 28.4 Å². The molecule has 2 nitrogen and oxygen atoms in total. The van der Waals surface area contributed by atoms with Crippen LogP contribution < -0.4 is 9.64 Å². The Morgan fingerprint density at radius 1 is 0.741 bits per heavy atom. The molecule has 0 aromatic heterocycles. The summed E-state index contributed by atoms with van der Waals surface area (Å²) in [5, 5.41) is 0. The number of fused-ring (bicyclic) bond motifs is 2. The fourth-order valence-electron chi connectivity index (χ4n) is 3.90. The molecule has 0 unspecified atom stereocenters. The zero-order valence-corrected chi connectivity index (χ0v) is 17.1. The minimum atomic E-state index is 0.130. The number of nitrogens with zero attached hydrogens (tertiary/aromatic N) is 1. The lowest BCUT2D eigenvalue weighted by Crippen LogP contribution is -2.19. The Balaban J connectivity index is 1.99. The second-order valence-electron chi connectivity index (χ2n) is 8.54. The number of rotatable bonds is 1. The monoisotopic (exact) mass is 357 g/mol. The summed E-state index contributed by atoms with van der Waals surface area (Å²) in [6, 6.07) is 19.3. The predicted octanol–water partition coefficient (Wildman–Crippen LogP) is 7.48. The predicted molar refractivity (Wildman–Crippen MR) is 114 cm³/mol. The van der Waals surface area contributed by atoms with E-state index in [9.17, 15) is 0 Å². The highest BCUT2D eigenvalue weighted by Crippen LogP contribution is 2.52. The van der Waals surface area contributed by atoms with Gasteiger partial charge in [-0.2, -0.15) is 0 Å². The molecule has 0 amide bonds. The summed E-state index contributed by atoms with van der Waals surface area (Å²) >= 11 is 0. The van der Waals surface area contributed by atoms with Gasteiger partial charge in [0.25, 0.3) is 0 Å². The molecule has 3 aromatic carbocycles. The lowest BCUT2D eigenvalue weighted by atomic mass is 9.84. The zero-order chi connectivity index (χ0) is 19.3. The number of ether oxygens (including phenoxy) is 1. The minimum Gasteiger partial charge on any atom is -0.453 e. The first-order valence-corrected chi connectivity index (χ1v) is 9.56. The average Bonchev–Trinajstić information content (AvgIpc) is 2.60. The van der Waals surface area contributed by atoms with Gasteiger partial charge in [0.15, 0.2) is 11.5 Å². The van der Waals surface area contributed by atoms with Crippen LogP contribution in [0.25, 0.3) is 0 Å². The van der Waals surface area contributed by atoms with Crippen molar-refractivity contribution in [1.29, 1.82) is 0 Å². The Hall–Kier alpha value is -2.74. The molecule has 138 valence electrons. The second-order valence-corrected chi connectivity index (χ2v) is 8.54. The summed E-state index contributed by atoms with van der Waals surface area (Å²) < 4.78 is 6.28. The average molecular weight is 357 g/mol. The Kier molecular flexibility index (Phi) is 4.03. The van der Waals surface area contributed by atoms with E-state index >= 15 is 0 Å². The van der Waals surface area contributed by atoms with Crippen molar-refractivity contribution in [1.82, 2.24) is 0 Å². The molecule has 0 saturated carbocycles. The van der Waals surface area contributed by atoms with Gasteiger partial charge in [0.1, 0.15) is 0 Å². The van der Waals surface area contributed by atoms with Gasteiger partial charge < -0.3 is 9.64 Å². The van der Waals surface area contributed by atoms with Gasteiger partial charge in [-0.25, -0.2) is 0 Å². The Labute approximate surface area is 162 Å². The summed E-state index contributed by atoms with van der Waals surface area (Å²) in [4.78, 5) is 2.36. The number of hydrogen-bond acceptors (Lipinski definition) is 2. The molecule has 0 saturated heterocycles. The van der Waals surface area contributed by atoms with Crippen LogP contribution >= 0.6 is 0 Å². The number of benzene rings is 3. The molecule has 0 aliphatic carbocycles. The fourth-order valence-corrected chi connectivity index (χ4v) is 3.90. The summed E-state index contributed by atoms with van der Waals surface area (Å²) in [7, 11) is 0. The third-order valence-electron chi connectivity index (χ3n) is 5.33. The van der Waals surface area contributed by atoms with Gasteiger partial charge >= 0.3 is 0 Å². The molecule has 1 aliphatic heterocycles. The highest BCUT2D eigenvalue weighted by atomic mass is 16.5. The lowest BCUT2D eigenvalue weighted by molar-refractivity contribution is 0.473. The maximum atomic E-state index is 6.28. The minimum absolute atomic E-state index is 0.130. The van der Waals surface area contributed by atoms with E-state index in [4.69, 9.17) is 4.74 Å². The van der Waals surface area contributed by atoms with Gasteiger partial charge in [-0.3, -0.25) is 0 Å². The molecule has 1 aliphatic rings. The molecule has 27 heavy (non-hydrogen) atoms. The van der Waals surface area contributed by atoms with Gasteiger partial charge in [-0.1, -0.05) is 57.2 Å². The first kappa shape index (κ1) is 17.7. The molecule has 3 aromatic rings. The standard InChI is InChI=1S/C25H27NO/c1-16-10-9-12-21-24(16)27-22-13-8-7-11-20(22)26(21)23-17(2)14-19(15-18(23)3)25(4,5)6/h7-15H,1-6H3. The van der Waals surface area contributed by atoms with Crippen LogP contribution in [0.1, 0.15) is 43.0 Å². The molecule has 2 heteroatoms. The molecule has 0 spiro atoms. The first-order chi connectivity index (χ1) is 12.8. The van der Waals surface area contributed by atoms with E-state index in [-0.39, 0.29) is 5.41 Å². The van der Waals surface area contributed by atoms with Gasteiger partial charge in [-0.05, 0) is 66.6 Å². The van der Waals surface area contributed by atoms with Crippen LogP contribution in [0.3, 0.4) is 0 Å². The molecule has 0 radical (unpaired) electrons. The van der Waals surface area contributed by atoms with Crippen molar-refractivity contribution in [2.45, 2.75) is 47.0 Å². The van der Waals surface area contributed by atoms with Crippen molar-refractivity contribution < 1.29 is 4.74 Å². The first-order valence-electron chi connectivity index (χ1n) is 9.56. The maximum absolute atomic E-state index is 6.28. The molecule has 0 N–H and O–H groups in total. The van der Waals surface area contributed by atoms with E-state index in [1.54, 1.807) is 0 Å². The number of aryl methyl sites for hydroxylation is 3. The van der Waals surface area contributed by atoms with Crippen molar-refractivity contribution in [3.63, 3.8) is 0 Å². The molecule has 0 bridgehead atoms. The summed E-state index contributed by atoms with van der Waals surface area (Å²) in [5.41, 5.74) is 8.64. The summed E-state index contributed by atoms with van der Waals surface area (Å²) in [5.74, 6) is 1.84. The van der Waals surface area contributed by atoms with E-state index in [2.05, 4.69) is 88.9 Å². The molecule has 1 heterocycles. The zero-order valence-electron chi connectivity index (χ0n) is 17.1. The van der Waals surface area contributed by atoms with Crippen LogP contribution in [0.5, 0.6) is 11.5 Å². The number of anilines is 3. The molecule has 0 atom stereocenters. The quantitative estimate of drug-likeness (QED) is 0.350. The maximum Gasteiger partial charge on any atom is 0.154 e. The van der Waals surface area contributed by atoms with Crippen LogP contribution in [0.2, 0.25) is 0 Å². The van der Waals surface area contributed by atoms with Crippen LogP contribution in [0.4, 0.5) is 17.1 Å². The SMILES string of the molecule is Cc1cccc2c1Oc1ccccc1N2c1c(C)cc(C(C)(C)C)cc1C. The molecular formula is C25H27NO. The van der Waals surface area contributed by atoms with Crippen molar-refractivity contribution >= 4 is 17.1 Å². The number of hydrogen-bond donors (Lipinski definition) is 0. The highest BCUT2D eigenvalue weighted by Gasteiger charge is 2.29. The van der Waals surface area contributed by atoms with Gasteiger partial charge in [0.05, 0.1) is 17.1 Å². The highest BCUT2D eigenvalue weighted by molar-refractivity contribution is 5.89. The largest absolute Gasteiger partial charge is 0.453 e. The van der Waals surface area contributed by atoms with E-state index in [0.29, 0.717) is 0 Å². The Bertz CT molecular complexity index is 1000. The van der Waals surface area contributed by atoms with Gasteiger partial charge in [0, 0.05) is 0 Å². The summed E-state index contributed by atoms with van der Waals surface area (Å²) in [6.45, 7) is 13.3. The van der Waals surface area contributed by atoms with Crippen molar-refractivity contribution in [2.75, 3.05) is 4.90 Å². The van der Waals surface area contributed by atoms with Crippen molar-refractivity contribution in [2.24, 2.45) is 0 Å². The third-order valence-corrected chi connectivity index (χ3v) is 5.33. The third kappa shape index (κ3) is 2.90. The van der Waals surface area contributed by atoms with Crippen LogP contribution in [-0.2, 0) is 5.41 Å². The van der Waals surface area contributed by atoms with Crippen LogP contribution in [0, 0.1) is 20.8 Å². The molecule has 0 fully saturated rings. The fraction of sp³-hybridized carbons (Fsp3) is 0.280. The smallest absolute Gasteiger partial charge is 0.154 e. The molecule has 4 rings (SSSR count). The Morgan fingerprint density at radius 2 is 1.37 bits per heavy atom. The molecular weight excluding hydrogens is 330 g/mol. The van der Waals surface area contributed by atoms with Crippen LogP contribution in [-0.4, -0.2) is 0 Å². The van der Waals surface area contributed by atoms with Crippen LogP contribution in [0.15, 0.2) is 54.6 Å². The second kappa shape index (κ2) is 6.16. The van der Waals surface area contributed by atoms with Gasteiger partial charge in [0.2, 0.25) is 0 Å². The van der Waals surface area contributed by atoms with E-state index in [1.165, 1.54) is 22.4 Å². The van der Waals surface area contributed by atoms with Crippen molar-refractivity contribution in [3.8, 4) is 11.5 Å². The summed E-state index contributed by atoms with van der Waals surface area (Å²) in [6.07, 6.45) is 0. The Morgan fingerprint density at radius 3 is 2.04 bits per heavy atom. The van der Waals surface area contributed by atoms with E-state index in [1.807, 2.05) is 12.1 Å².